The second-order valence-electron chi connectivity index (χ2n) is 2.88. The molecule has 0 saturated heterocycles. The number of carbonyl (C=O) groups excluding carboxylic acids is 1. The highest BCUT2D eigenvalue weighted by molar-refractivity contribution is 5.93. The third-order valence-corrected chi connectivity index (χ3v) is 1.76. The molecule has 0 aliphatic rings. The third-order valence-electron chi connectivity index (χ3n) is 1.76. The quantitative estimate of drug-likeness (QED) is 0.651. The van der Waals surface area contributed by atoms with Gasteiger partial charge in [0.1, 0.15) is 5.69 Å². The Bertz CT molecular complexity index is 447. The van der Waals surface area contributed by atoms with Crippen molar-refractivity contribution in [3.63, 3.8) is 0 Å². The van der Waals surface area contributed by atoms with Crippen LogP contribution in [0.2, 0.25) is 0 Å². The minimum atomic E-state index is -0.267. The molecule has 2 rings (SSSR count). The summed E-state index contributed by atoms with van der Waals surface area (Å²) < 4.78 is 4.52. The second-order valence-corrected chi connectivity index (χ2v) is 2.88. The van der Waals surface area contributed by atoms with Crippen LogP contribution in [-0.4, -0.2) is 21.0 Å². The molecule has 0 aliphatic carbocycles. The van der Waals surface area contributed by atoms with E-state index in [1.165, 1.54) is 6.39 Å². The average molecular weight is 207 g/mol. The van der Waals surface area contributed by atoms with Crippen LogP contribution < -0.4 is 11.1 Å². The predicted octanol–water partition coefficient (Wildman–Crippen LogP) is -0.0901. The van der Waals surface area contributed by atoms with Gasteiger partial charge in [-0.2, -0.15) is 4.98 Å². The Hall–Kier alpha value is -2.31. The first kappa shape index (κ1) is 9.25. The Morgan fingerprint density at radius 2 is 2.53 bits per heavy atom. The van der Waals surface area contributed by atoms with Gasteiger partial charge in [-0.1, -0.05) is 5.16 Å². The van der Waals surface area contributed by atoms with E-state index in [1.54, 1.807) is 12.3 Å². The summed E-state index contributed by atoms with van der Waals surface area (Å²) in [5.74, 6) is 0.152. The van der Waals surface area contributed by atoms with Gasteiger partial charge in [0.25, 0.3) is 5.91 Å². The van der Waals surface area contributed by atoms with Crippen LogP contribution in [0.1, 0.15) is 16.3 Å². The summed E-state index contributed by atoms with van der Waals surface area (Å²) >= 11 is 0. The molecule has 2 aromatic heterocycles. The number of aromatic nitrogens is 3. The monoisotopic (exact) mass is 207 g/mol. The summed E-state index contributed by atoms with van der Waals surface area (Å²) in [6.45, 7) is 0.217. The van der Waals surface area contributed by atoms with Gasteiger partial charge in [-0.25, -0.2) is 0 Å². The van der Waals surface area contributed by atoms with Crippen molar-refractivity contribution in [3.05, 3.63) is 30.2 Å². The van der Waals surface area contributed by atoms with Crippen molar-refractivity contribution < 1.29 is 9.32 Å². The van der Waals surface area contributed by atoms with Crippen molar-refractivity contribution in [3.8, 4) is 0 Å². The van der Waals surface area contributed by atoms with E-state index in [4.69, 9.17) is 5.73 Å². The maximum absolute atomic E-state index is 11.5. The number of carbonyl (C=O) groups is 1. The molecule has 78 valence electrons. The number of H-pyrrole nitrogens is 1. The number of nitrogens with two attached hydrogens (primary N) is 1. The summed E-state index contributed by atoms with van der Waals surface area (Å²) in [5, 5.41) is 6.16. The van der Waals surface area contributed by atoms with Gasteiger partial charge in [0.15, 0.2) is 5.82 Å². The first-order chi connectivity index (χ1) is 7.25. The van der Waals surface area contributed by atoms with E-state index in [-0.39, 0.29) is 12.5 Å². The Morgan fingerprint density at radius 1 is 1.67 bits per heavy atom. The fraction of sp³-hybridized carbons (Fsp3) is 0.125. The van der Waals surface area contributed by atoms with Crippen molar-refractivity contribution in [2.45, 2.75) is 6.54 Å². The van der Waals surface area contributed by atoms with Gasteiger partial charge in [0.2, 0.25) is 6.39 Å². The van der Waals surface area contributed by atoms with Crippen LogP contribution in [0, 0.1) is 0 Å². The van der Waals surface area contributed by atoms with E-state index >= 15 is 0 Å². The highest BCUT2D eigenvalue weighted by atomic mass is 16.5. The number of hydrogen-bond donors (Lipinski definition) is 3. The summed E-state index contributed by atoms with van der Waals surface area (Å²) in [5.41, 5.74) is 6.37. The van der Waals surface area contributed by atoms with Crippen LogP contribution in [-0.2, 0) is 6.54 Å². The average Bonchev–Trinajstić information content (AvgIpc) is 2.84. The Morgan fingerprint density at radius 3 is 3.13 bits per heavy atom. The molecule has 0 radical (unpaired) electrons. The van der Waals surface area contributed by atoms with E-state index in [0.29, 0.717) is 17.2 Å². The molecule has 0 spiro atoms. The molecule has 0 aliphatic heterocycles. The summed E-state index contributed by atoms with van der Waals surface area (Å²) in [6.07, 6.45) is 2.75. The molecule has 1 amide bonds. The second kappa shape index (κ2) is 3.82. The van der Waals surface area contributed by atoms with Crippen LogP contribution in [0.4, 0.5) is 5.69 Å². The Kier molecular flexibility index (Phi) is 2.36. The standard InChI is InChI=1S/C8H9N5O2/c9-5-1-6(10-2-5)8(14)11-3-7-12-4-15-13-7/h1-2,4,10H,3,9H2,(H,11,14). The lowest BCUT2D eigenvalue weighted by Gasteiger charge is -1.98. The number of aromatic amines is 1. The van der Waals surface area contributed by atoms with E-state index < -0.39 is 0 Å². The van der Waals surface area contributed by atoms with Crippen molar-refractivity contribution in [2.75, 3.05) is 5.73 Å². The van der Waals surface area contributed by atoms with E-state index in [2.05, 4.69) is 25.0 Å². The molecule has 0 saturated carbocycles. The van der Waals surface area contributed by atoms with Gasteiger partial charge in [-0.15, -0.1) is 0 Å². The molecular formula is C8H9N5O2. The van der Waals surface area contributed by atoms with Gasteiger partial charge in [0, 0.05) is 11.9 Å². The lowest BCUT2D eigenvalue weighted by Crippen LogP contribution is -2.23. The number of nitrogens with zero attached hydrogens (tertiary/aromatic N) is 2. The normalized spacial score (nSPS) is 10.1. The zero-order valence-corrected chi connectivity index (χ0v) is 7.73. The van der Waals surface area contributed by atoms with Crippen molar-refractivity contribution in [2.24, 2.45) is 0 Å². The van der Waals surface area contributed by atoms with Crippen molar-refractivity contribution in [1.29, 1.82) is 0 Å². The van der Waals surface area contributed by atoms with Crippen LogP contribution in [0.5, 0.6) is 0 Å². The minimum absolute atomic E-state index is 0.217. The number of anilines is 1. The fourth-order valence-electron chi connectivity index (χ4n) is 1.07. The van der Waals surface area contributed by atoms with Crippen LogP contribution in [0.15, 0.2) is 23.2 Å². The van der Waals surface area contributed by atoms with Gasteiger partial charge < -0.3 is 20.6 Å². The van der Waals surface area contributed by atoms with E-state index in [9.17, 15) is 4.79 Å². The SMILES string of the molecule is Nc1c[nH]c(C(=O)NCc2ncon2)c1. The Balaban J connectivity index is 1.93. The van der Waals surface area contributed by atoms with Crippen molar-refractivity contribution in [1.82, 2.24) is 20.4 Å². The Labute approximate surface area is 84.7 Å². The molecule has 0 unspecified atom stereocenters. The van der Waals surface area contributed by atoms with Crippen LogP contribution >= 0.6 is 0 Å². The van der Waals surface area contributed by atoms with Gasteiger partial charge in [-0.3, -0.25) is 4.79 Å². The molecule has 7 heteroatoms. The fourth-order valence-corrected chi connectivity index (χ4v) is 1.07. The zero-order chi connectivity index (χ0) is 10.7. The highest BCUT2D eigenvalue weighted by Gasteiger charge is 2.08. The minimum Gasteiger partial charge on any atom is -0.397 e. The van der Waals surface area contributed by atoms with Crippen LogP contribution in [0.3, 0.4) is 0 Å². The molecule has 15 heavy (non-hydrogen) atoms. The lowest BCUT2D eigenvalue weighted by atomic mass is 10.4. The number of nitrogen functional groups attached to an aromatic ring is 1. The summed E-state index contributed by atoms with van der Waals surface area (Å²) in [6, 6.07) is 1.55. The van der Waals surface area contributed by atoms with Crippen LogP contribution in [0.25, 0.3) is 0 Å². The summed E-state index contributed by atoms with van der Waals surface area (Å²) in [7, 11) is 0. The molecule has 2 aromatic rings. The largest absolute Gasteiger partial charge is 0.397 e. The molecular weight excluding hydrogens is 198 g/mol. The topological polar surface area (TPSA) is 110 Å². The van der Waals surface area contributed by atoms with Gasteiger partial charge in [-0.05, 0) is 6.07 Å². The molecule has 4 N–H and O–H groups in total. The highest BCUT2D eigenvalue weighted by Crippen LogP contribution is 2.04. The number of nitrogens with one attached hydrogen (secondary N) is 2. The first-order valence-corrected chi connectivity index (χ1v) is 4.23. The number of rotatable bonds is 3. The van der Waals surface area contributed by atoms with Crippen molar-refractivity contribution >= 4 is 11.6 Å². The maximum Gasteiger partial charge on any atom is 0.268 e. The van der Waals surface area contributed by atoms with E-state index in [0.717, 1.165) is 0 Å². The predicted molar refractivity (Wildman–Crippen MR) is 50.7 cm³/mol. The molecule has 0 bridgehead atoms. The number of hydrogen-bond acceptors (Lipinski definition) is 5. The van der Waals surface area contributed by atoms with Gasteiger partial charge >= 0.3 is 0 Å². The number of amides is 1. The maximum atomic E-state index is 11.5. The molecule has 2 heterocycles. The lowest BCUT2D eigenvalue weighted by molar-refractivity contribution is 0.0945. The molecule has 0 aromatic carbocycles. The third kappa shape index (κ3) is 2.13. The van der Waals surface area contributed by atoms with Gasteiger partial charge in [0.05, 0.1) is 6.54 Å². The smallest absolute Gasteiger partial charge is 0.268 e. The zero-order valence-electron chi connectivity index (χ0n) is 7.73. The summed E-state index contributed by atoms with van der Waals surface area (Å²) in [4.78, 5) is 18.0. The van der Waals surface area contributed by atoms with E-state index in [1.807, 2.05) is 0 Å². The molecule has 0 atom stereocenters. The molecule has 7 nitrogen and oxygen atoms in total. The first-order valence-electron chi connectivity index (χ1n) is 4.23. The molecule has 0 fully saturated rings.